The zero-order valence-electron chi connectivity index (χ0n) is 17.8. The van der Waals surface area contributed by atoms with E-state index >= 15 is 0 Å². The summed E-state index contributed by atoms with van der Waals surface area (Å²) in [5.41, 5.74) is 7.12. The highest BCUT2D eigenvalue weighted by molar-refractivity contribution is 5.92. The number of carbonyl (C=O) groups is 4. The Kier molecular flexibility index (Phi) is 8.89. The lowest BCUT2D eigenvalue weighted by Crippen LogP contribution is -2.55. The lowest BCUT2D eigenvalue weighted by atomic mass is 10.0. The molecule has 0 radical (unpaired) electrons. The highest BCUT2D eigenvalue weighted by atomic mass is 16.4. The number of amides is 3. The van der Waals surface area contributed by atoms with Crippen LogP contribution < -0.4 is 21.7 Å². The molecule has 174 valence electrons. The number of nitrogens with two attached hydrogens (primary N) is 1. The maximum absolute atomic E-state index is 12.5. The number of aliphatic carboxylic acids is 1. The first kappa shape index (κ1) is 24.5. The number of hydrogen-bond acceptors (Lipinski definition) is 7. The van der Waals surface area contributed by atoms with E-state index in [2.05, 4.69) is 35.9 Å². The maximum atomic E-state index is 12.5. The molecule has 3 atom stereocenters. The number of hydrogen-bond donors (Lipinski definition) is 7. The minimum Gasteiger partial charge on any atom is -0.480 e. The Bertz CT molecular complexity index is 897. The highest BCUT2D eigenvalue weighted by Gasteiger charge is 2.27. The molecular formula is C19H28N8O5. The molecule has 0 bridgehead atoms. The fraction of sp³-hybridized carbons (Fsp3) is 0.474. The normalized spacial score (nSPS) is 13.8. The summed E-state index contributed by atoms with van der Waals surface area (Å²) in [6.07, 6.45) is 6.10. The van der Waals surface area contributed by atoms with Gasteiger partial charge >= 0.3 is 5.97 Å². The molecule has 0 spiro atoms. The van der Waals surface area contributed by atoms with Gasteiger partial charge in [-0.15, -0.1) is 0 Å². The molecule has 8 N–H and O–H groups in total. The zero-order valence-corrected chi connectivity index (χ0v) is 17.8. The monoisotopic (exact) mass is 448 g/mol. The van der Waals surface area contributed by atoms with E-state index < -0.39 is 48.4 Å². The van der Waals surface area contributed by atoms with Crippen LogP contribution in [0.1, 0.15) is 25.2 Å². The largest absolute Gasteiger partial charge is 0.480 e. The van der Waals surface area contributed by atoms with Crippen molar-refractivity contribution in [2.45, 2.75) is 44.8 Å². The van der Waals surface area contributed by atoms with Crippen molar-refractivity contribution in [3.05, 3.63) is 36.4 Å². The van der Waals surface area contributed by atoms with Gasteiger partial charge in [-0.1, -0.05) is 13.8 Å². The second-order valence-corrected chi connectivity index (χ2v) is 7.57. The fourth-order valence-electron chi connectivity index (χ4n) is 2.86. The molecule has 0 aliphatic carbocycles. The standard InChI is InChI=1S/C19H28N8O5/c1-10(2)16(27-17(29)13(20)3-11-5-21-8-24-11)18(30)23-7-15(28)26-14(19(31)32)4-12-6-22-9-25-12/h5-6,8-10,13-14,16H,3-4,7,20H2,1-2H3,(H,21,24)(H,22,25)(H,23,30)(H,26,28)(H,27,29)(H,31,32)/t13-,14-,16-/m0/s1. The molecule has 0 aliphatic heterocycles. The van der Waals surface area contributed by atoms with Crippen LogP contribution in [-0.2, 0) is 32.0 Å². The third kappa shape index (κ3) is 7.50. The predicted molar refractivity (Wildman–Crippen MR) is 112 cm³/mol. The quantitative estimate of drug-likeness (QED) is 0.194. The number of carbonyl (C=O) groups excluding carboxylic acids is 3. The van der Waals surface area contributed by atoms with Crippen LogP contribution in [0.15, 0.2) is 25.0 Å². The van der Waals surface area contributed by atoms with Crippen LogP contribution in [0.4, 0.5) is 0 Å². The van der Waals surface area contributed by atoms with Gasteiger partial charge in [0.2, 0.25) is 17.7 Å². The van der Waals surface area contributed by atoms with E-state index in [0.29, 0.717) is 11.4 Å². The van der Waals surface area contributed by atoms with Crippen LogP contribution in [0, 0.1) is 5.92 Å². The van der Waals surface area contributed by atoms with E-state index in [4.69, 9.17) is 5.73 Å². The average molecular weight is 448 g/mol. The summed E-state index contributed by atoms with van der Waals surface area (Å²) in [7, 11) is 0. The van der Waals surface area contributed by atoms with Gasteiger partial charge in [0.1, 0.15) is 12.1 Å². The number of nitrogens with one attached hydrogen (secondary N) is 5. The zero-order chi connectivity index (χ0) is 23.7. The van der Waals surface area contributed by atoms with Crippen LogP contribution in [-0.4, -0.2) is 73.4 Å². The molecule has 13 nitrogen and oxygen atoms in total. The Morgan fingerprint density at radius 3 is 2.09 bits per heavy atom. The lowest BCUT2D eigenvalue weighted by molar-refractivity contribution is -0.141. The number of nitrogens with zero attached hydrogens (tertiary/aromatic N) is 2. The van der Waals surface area contributed by atoms with Gasteiger partial charge < -0.3 is 36.8 Å². The first-order chi connectivity index (χ1) is 15.2. The van der Waals surface area contributed by atoms with Gasteiger partial charge in [-0.2, -0.15) is 0 Å². The average Bonchev–Trinajstić information content (AvgIpc) is 3.43. The maximum Gasteiger partial charge on any atom is 0.326 e. The van der Waals surface area contributed by atoms with Gasteiger partial charge in [-0.3, -0.25) is 14.4 Å². The van der Waals surface area contributed by atoms with E-state index in [0.717, 1.165) is 0 Å². The summed E-state index contributed by atoms with van der Waals surface area (Å²) in [6, 6.07) is -3.02. The van der Waals surface area contributed by atoms with E-state index in [1.165, 1.54) is 18.9 Å². The SMILES string of the molecule is CC(C)[C@H](NC(=O)[C@@H](N)Cc1cnc[nH]1)C(=O)NCC(=O)N[C@@H](Cc1cnc[nH]1)C(=O)O. The van der Waals surface area contributed by atoms with Crippen molar-refractivity contribution >= 4 is 23.7 Å². The lowest BCUT2D eigenvalue weighted by Gasteiger charge is -2.23. The summed E-state index contributed by atoms with van der Waals surface area (Å²) in [6.45, 7) is 3.01. The van der Waals surface area contributed by atoms with E-state index in [9.17, 15) is 24.3 Å². The van der Waals surface area contributed by atoms with Crippen LogP contribution in [0.5, 0.6) is 0 Å². The van der Waals surface area contributed by atoms with E-state index in [1.807, 2.05) is 0 Å². The van der Waals surface area contributed by atoms with Gasteiger partial charge in [0.05, 0.1) is 25.2 Å². The fourth-order valence-corrected chi connectivity index (χ4v) is 2.86. The first-order valence-electron chi connectivity index (χ1n) is 9.97. The number of imidazole rings is 2. The van der Waals surface area contributed by atoms with E-state index in [1.54, 1.807) is 20.0 Å². The van der Waals surface area contributed by atoms with Crippen molar-refractivity contribution < 1.29 is 24.3 Å². The Morgan fingerprint density at radius 2 is 1.59 bits per heavy atom. The molecule has 0 saturated heterocycles. The van der Waals surface area contributed by atoms with Gasteiger partial charge in [0.25, 0.3) is 0 Å². The number of rotatable bonds is 12. The van der Waals surface area contributed by atoms with Crippen LogP contribution in [0.2, 0.25) is 0 Å². The molecule has 0 fully saturated rings. The third-order valence-electron chi connectivity index (χ3n) is 4.61. The second kappa shape index (κ2) is 11.6. The van der Waals surface area contributed by atoms with Crippen molar-refractivity contribution in [2.75, 3.05) is 6.54 Å². The Morgan fingerprint density at radius 1 is 1.00 bits per heavy atom. The Hall–Kier alpha value is -3.74. The number of H-pyrrole nitrogens is 2. The molecule has 32 heavy (non-hydrogen) atoms. The van der Waals surface area contributed by atoms with Crippen molar-refractivity contribution in [3.63, 3.8) is 0 Å². The van der Waals surface area contributed by atoms with Gasteiger partial charge in [0, 0.05) is 36.6 Å². The highest BCUT2D eigenvalue weighted by Crippen LogP contribution is 2.04. The first-order valence-corrected chi connectivity index (χ1v) is 9.97. The van der Waals surface area contributed by atoms with Crippen LogP contribution in [0.25, 0.3) is 0 Å². The molecule has 0 saturated carbocycles. The summed E-state index contributed by atoms with van der Waals surface area (Å²) in [5, 5.41) is 16.7. The molecule has 0 aliphatic rings. The number of aromatic amines is 2. The summed E-state index contributed by atoms with van der Waals surface area (Å²) < 4.78 is 0. The molecule has 3 amide bonds. The molecule has 13 heteroatoms. The van der Waals surface area contributed by atoms with Gasteiger partial charge in [-0.25, -0.2) is 14.8 Å². The minimum absolute atomic E-state index is 0.00785. The summed E-state index contributed by atoms with van der Waals surface area (Å²) in [5.74, 6) is -3.30. The molecule has 2 aromatic rings. The number of carboxylic acid groups (broad SMARTS) is 1. The Balaban J connectivity index is 1.86. The van der Waals surface area contributed by atoms with Crippen molar-refractivity contribution in [1.82, 2.24) is 35.9 Å². The third-order valence-corrected chi connectivity index (χ3v) is 4.61. The smallest absolute Gasteiger partial charge is 0.326 e. The molecule has 0 unspecified atom stereocenters. The van der Waals surface area contributed by atoms with Crippen molar-refractivity contribution in [2.24, 2.45) is 11.7 Å². The number of aromatic nitrogens is 4. The summed E-state index contributed by atoms with van der Waals surface area (Å²) >= 11 is 0. The molecule has 2 rings (SSSR count). The van der Waals surface area contributed by atoms with Gasteiger partial charge in [0.15, 0.2) is 0 Å². The second-order valence-electron chi connectivity index (χ2n) is 7.57. The van der Waals surface area contributed by atoms with Crippen LogP contribution in [0.3, 0.4) is 0 Å². The molecular weight excluding hydrogens is 420 g/mol. The predicted octanol–water partition coefficient (Wildman–Crippen LogP) is -1.93. The molecule has 2 aromatic heterocycles. The number of carboxylic acids is 1. The Labute approximate surface area is 184 Å². The topological polar surface area (TPSA) is 208 Å². The minimum atomic E-state index is -1.22. The molecule has 2 heterocycles. The molecule has 0 aromatic carbocycles. The summed E-state index contributed by atoms with van der Waals surface area (Å²) in [4.78, 5) is 61.8. The van der Waals surface area contributed by atoms with E-state index in [-0.39, 0.29) is 18.8 Å². The van der Waals surface area contributed by atoms with Crippen LogP contribution >= 0.6 is 0 Å². The van der Waals surface area contributed by atoms with Crippen molar-refractivity contribution in [3.8, 4) is 0 Å². The van der Waals surface area contributed by atoms with Gasteiger partial charge in [-0.05, 0) is 5.92 Å². The van der Waals surface area contributed by atoms with Crippen molar-refractivity contribution in [1.29, 1.82) is 0 Å².